The Hall–Kier alpha value is -1.84. The van der Waals surface area contributed by atoms with Crippen LogP contribution >= 0.6 is 0 Å². The van der Waals surface area contributed by atoms with Crippen molar-refractivity contribution in [1.82, 2.24) is 5.32 Å². The molecule has 0 bridgehead atoms. The first-order chi connectivity index (χ1) is 9.69. The van der Waals surface area contributed by atoms with Gasteiger partial charge in [0.1, 0.15) is 0 Å². The van der Waals surface area contributed by atoms with Gasteiger partial charge in [0.15, 0.2) is 0 Å². The maximum Gasteiger partial charge on any atom is 0.0681 e. The van der Waals surface area contributed by atoms with Crippen LogP contribution in [0.2, 0.25) is 0 Å². The number of aliphatic hydroxyl groups excluding tert-OH is 1. The van der Waals surface area contributed by atoms with Crippen LogP contribution in [0, 0.1) is 0 Å². The van der Waals surface area contributed by atoms with Gasteiger partial charge in [-0.15, -0.1) is 0 Å². The molecular formula is C17H22N2O. The summed E-state index contributed by atoms with van der Waals surface area (Å²) in [6.07, 6.45) is 0. The number of anilines is 1. The molecule has 0 spiro atoms. The number of nitrogens with one attached hydrogen (secondary N) is 1. The zero-order valence-electron chi connectivity index (χ0n) is 12.1. The van der Waals surface area contributed by atoms with Crippen LogP contribution in [0.15, 0.2) is 48.5 Å². The molecule has 0 aliphatic rings. The smallest absolute Gasteiger partial charge is 0.0681 e. The highest BCUT2D eigenvalue weighted by atomic mass is 16.3. The summed E-state index contributed by atoms with van der Waals surface area (Å²) in [6.45, 7) is 1.79. The molecule has 2 rings (SSSR count). The summed E-state index contributed by atoms with van der Waals surface area (Å²) in [7, 11) is 4.09. The van der Waals surface area contributed by atoms with Crippen molar-refractivity contribution in [1.29, 1.82) is 0 Å². The van der Waals surface area contributed by atoms with E-state index in [0.29, 0.717) is 0 Å². The van der Waals surface area contributed by atoms with Crippen molar-refractivity contribution in [3.63, 3.8) is 0 Å². The molecule has 2 N–H and O–H groups in total. The maximum atomic E-state index is 9.00. The van der Waals surface area contributed by atoms with Crippen molar-refractivity contribution in [2.75, 3.05) is 19.0 Å². The summed E-state index contributed by atoms with van der Waals surface area (Å²) in [5.74, 6) is 0. The highest BCUT2D eigenvalue weighted by molar-refractivity contribution is 5.45. The minimum atomic E-state index is 0.103. The van der Waals surface area contributed by atoms with E-state index in [-0.39, 0.29) is 6.61 Å². The van der Waals surface area contributed by atoms with E-state index < -0.39 is 0 Å². The molecule has 0 heterocycles. The molecule has 106 valence electrons. The highest BCUT2D eigenvalue weighted by Crippen LogP contribution is 2.12. The third kappa shape index (κ3) is 4.08. The molecule has 0 aliphatic carbocycles. The molecule has 0 atom stereocenters. The third-order valence-corrected chi connectivity index (χ3v) is 3.32. The third-order valence-electron chi connectivity index (χ3n) is 3.32. The molecular weight excluding hydrogens is 248 g/mol. The summed E-state index contributed by atoms with van der Waals surface area (Å²) in [4.78, 5) is 2.10. The van der Waals surface area contributed by atoms with E-state index in [1.165, 1.54) is 16.8 Å². The summed E-state index contributed by atoms with van der Waals surface area (Å²) in [6, 6.07) is 16.6. The number of benzene rings is 2. The lowest BCUT2D eigenvalue weighted by Gasteiger charge is -2.13. The van der Waals surface area contributed by atoms with E-state index in [2.05, 4.69) is 34.5 Å². The second-order valence-corrected chi connectivity index (χ2v) is 5.14. The molecule has 0 aromatic heterocycles. The summed E-state index contributed by atoms with van der Waals surface area (Å²) in [5.41, 5.74) is 4.68. The van der Waals surface area contributed by atoms with Crippen LogP contribution in [-0.2, 0) is 19.7 Å². The van der Waals surface area contributed by atoms with Gasteiger partial charge >= 0.3 is 0 Å². The minimum Gasteiger partial charge on any atom is -0.392 e. The van der Waals surface area contributed by atoms with Crippen LogP contribution in [-0.4, -0.2) is 19.2 Å². The van der Waals surface area contributed by atoms with Gasteiger partial charge in [-0.05, 0) is 28.8 Å². The quantitative estimate of drug-likeness (QED) is 0.846. The predicted molar refractivity (Wildman–Crippen MR) is 83.7 cm³/mol. The number of hydrogen-bond donors (Lipinski definition) is 2. The Morgan fingerprint density at radius 1 is 0.800 bits per heavy atom. The van der Waals surface area contributed by atoms with E-state index in [0.717, 1.165) is 18.7 Å². The van der Waals surface area contributed by atoms with Gasteiger partial charge in [-0.3, -0.25) is 0 Å². The largest absolute Gasteiger partial charge is 0.392 e. The van der Waals surface area contributed by atoms with Gasteiger partial charge in [-0.25, -0.2) is 0 Å². The van der Waals surface area contributed by atoms with Gasteiger partial charge < -0.3 is 15.3 Å². The average Bonchev–Trinajstić information content (AvgIpc) is 2.48. The van der Waals surface area contributed by atoms with Crippen molar-refractivity contribution >= 4 is 5.69 Å². The summed E-state index contributed by atoms with van der Waals surface area (Å²) in [5, 5.41) is 12.4. The fraction of sp³-hybridized carbons (Fsp3) is 0.294. The molecule has 2 aromatic rings. The fourth-order valence-electron chi connectivity index (χ4n) is 2.03. The van der Waals surface area contributed by atoms with Crippen LogP contribution in [0.3, 0.4) is 0 Å². The van der Waals surface area contributed by atoms with Gasteiger partial charge in [-0.1, -0.05) is 36.4 Å². The molecule has 0 aliphatic heterocycles. The standard InChI is InChI=1S/C17H22N2O/c1-19(2)17-9-7-15(8-10-17)12-18-11-14-3-5-16(13-20)6-4-14/h3-10,18,20H,11-13H2,1-2H3. The topological polar surface area (TPSA) is 35.5 Å². The Bertz CT molecular complexity index is 518. The van der Waals surface area contributed by atoms with Crippen LogP contribution in [0.5, 0.6) is 0 Å². The Balaban J connectivity index is 1.82. The maximum absolute atomic E-state index is 9.00. The minimum absolute atomic E-state index is 0.103. The van der Waals surface area contributed by atoms with Crippen molar-refractivity contribution in [2.24, 2.45) is 0 Å². The molecule has 0 amide bonds. The van der Waals surface area contributed by atoms with Crippen LogP contribution in [0.25, 0.3) is 0 Å². The van der Waals surface area contributed by atoms with Gasteiger partial charge in [0.2, 0.25) is 0 Å². The predicted octanol–water partition coefficient (Wildman–Crippen LogP) is 2.53. The van der Waals surface area contributed by atoms with Crippen molar-refractivity contribution in [3.8, 4) is 0 Å². The van der Waals surface area contributed by atoms with Crippen molar-refractivity contribution in [3.05, 3.63) is 65.2 Å². The molecule has 0 saturated heterocycles. The van der Waals surface area contributed by atoms with Crippen molar-refractivity contribution in [2.45, 2.75) is 19.7 Å². The lowest BCUT2D eigenvalue weighted by atomic mass is 10.1. The van der Waals surface area contributed by atoms with E-state index >= 15 is 0 Å². The Morgan fingerprint density at radius 2 is 1.25 bits per heavy atom. The number of nitrogens with zero attached hydrogens (tertiary/aromatic N) is 1. The first kappa shape index (κ1) is 14.6. The summed E-state index contributed by atoms with van der Waals surface area (Å²) >= 11 is 0. The molecule has 3 heteroatoms. The van der Waals surface area contributed by atoms with Gasteiger partial charge in [0, 0.05) is 32.9 Å². The normalized spacial score (nSPS) is 10.6. The van der Waals surface area contributed by atoms with Gasteiger partial charge in [0.05, 0.1) is 6.61 Å². The SMILES string of the molecule is CN(C)c1ccc(CNCc2ccc(CO)cc2)cc1. The van der Waals surface area contributed by atoms with Crippen molar-refractivity contribution < 1.29 is 5.11 Å². The molecule has 0 saturated carbocycles. The Labute approximate surface area is 120 Å². The zero-order valence-corrected chi connectivity index (χ0v) is 12.1. The Kier molecular flexibility index (Phi) is 5.16. The van der Waals surface area contributed by atoms with E-state index in [4.69, 9.17) is 5.11 Å². The van der Waals surface area contributed by atoms with Crippen LogP contribution in [0.4, 0.5) is 5.69 Å². The lowest BCUT2D eigenvalue weighted by molar-refractivity contribution is 0.282. The van der Waals surface area contributed by atoms with E-state index in [1.54, 1.807) is 0 Å². The number of hydrogen-bond acceptors (Lipinski definition) is 3. The molecule has 20 heavy (non-hydrogen) atoms. The second-order valence-electron chi connectivity index (χ2n) is 5.14. The number of aliphatic hydroxyl groups is 1. The van der Waals surface area contributed by atoms with Gasteiger partial charge in [-0.2, -0.15) is 0 Å². The molecule has 0 radical (unpaired) electrons. The van der Waals surface area contributed by atoms with Crippen LogP contribution in [0.1, 0.15) is 16.7 Å². The fourth-order valence-corrected chi connectivity index (χ4v) is 2.03. The number of rotatable bonds is 6. The first-order valence-corrected chi connectivity index (χ1v) is 6.84. The van der Waals surface area contributed by atoms with E-state index in [9.17, 15) is 0 Å². The monoisotopic (exact) mass is 270 g/mol. The molecule has 3 nitrogen and oxygen atoms in total. The molecule has 2 aromatic carbocycles. The molecule has 0 unspecified atom stereocenters. The molecule has 0 fully saturated rings. The summed E-state index contributed by atoms with van der Waals surface area (Å²) < 4.78 is 0. The highest BCUT2D eigenvalue weighted by Gasteiger charge is 1.97. The first-order valence-electron chi connectivity index (χ1n) is 6.84. The average molecular weight is 270 g/mol. The Morgan fingerprint density at radius 3 is 1.70 bits per heavy atom. The van der Waals surface area contributed by atoms with Gasteiger partial charge in [0.25, 0.3) is 0 Å². The second kappa shape index (κ2) is 7.08. The van der Waals surface area contributed by atoms with Crippen LogP contribution < -0.4 is 10.2 Å². The zero-order chi connectivity index (χ0) is 14.4. The lowest BCUT2D eigenvalue weighted by Crippen LogP contribution is -2.13. The van der Waals surface area contributed by atoms with E-state index in [1.807, 2.05) is 38.4 Å².